The van der Waals surface area contributed by atoms with Crippen LogP contribution in [0.15, 0.2) is 42.4 Å². The van der Waals surface area contributed by atoms with Gasteiger partial charge in [-0.15, -0.1) is 0 Å². The Morgan fingerprint density at radius 3 is 2.25 bits per heavy atom. The maximum Gasteiger partial charge on any atom is 0.188 e. The summed E-state index contributed by atoms with van der Waals surface area (Å²) in [6, 6.07) is 7.79. The lowest BCUT2D eigenvalue weighted by molar-refractivity contribution is 0.627. The van der Waals surface area contributed by atoms with Gasteiger partial charge in [0, 0.05) is 5.57 Å². The molecule has 0 atom stereocenters. The largest absolute Gasteiger partial charge is 0.375 e. The summed E-state index contributed by atoms with van der Waals surface area (Å²) in [5.41, 5.74) is 8.92. The van der Waals surface area contributed by atoms with E-state index in [0.717, 1.165) is 17.6 Å². The Kier molecular flexibility index (Phi) is 4.29. The maximum atomic E-state index is 13.0. The molecule has 0 saturated heterocycles. The molecule has 0 bridgehead atoms. The third-order valence-electron chi connectivity index (χ3n) is 2.45. The van der Waals surface area contributed by atoms with E-state index in [2.05, 4.69) is 6.58 Å². The molecule has 1 aromatic carbocycles. The molecule has 0 amide bonds. The second-order valence-corrected chi connectivity index (χ2v) is 4.01. The first-order valence-corrected chi connectivity index (χ1v) is 5.42. The smallest absolute Gasteiger partial charge is 0.188 e. The highest BCUT2D eigenvalue weighted by Crippen LogP contribution is 2.21. The quantitative estimate of drug-likeness (QED) is 0.604. The molecule has 86 valence electrons. The Balaban J connectivity index is 2.94. The van der Waals surface area contributed by atoms with Crippen molar-refractivity contribution in [2.75, 3.05) is 0 Å². The lowest BCUT2D eigenvalue weighted by atomic mass is 10.0. The molecule has 1 rings (SSSR count). The summed E-state index contributed by atoms with van der Waals surface area (Å²) in [7, 11) is 0. The molecule has 0 heterocycles. The van der Waals surface area contributed by atoms with Crippen molar-refractivity contribution in [3.63, 3.8) is 0 Å². The summed E-state index contributed by atoms with van der Waals surface area (Å²) < 4.78 is 13.0. The molecule has 2 heteroatoms. The molecule has 0 aliphatic carbocycles. The van der Waals surface area contributed by atoms with Crippen molar-refractivity contribution in [1.29, 1.82) is 0 Å². The fourth-order valence-corrected chi connectivity index (χ4v) is 1.68. The molecule has 0 saturated carbocycles. The van der Waals surface area contributed by atoms with Gasteiger partial charge in [0.05, 0.1) is 0 Å². The van der Waals surface area contributed by atoms with E-state index < -0.39 is 5.95 Å². The normalized spacial score (nSPS) is 12.2. The van der Waals surface area contributed by atoms with E-state index >= 15 is 0 Å². The van der Waals surface area contributed by atoms with Crippen LogP contribution in [0.25, 0.3) is 5.57 Å². The fraction of sp³-hybridized carbons (Fsp3) is 0.286. The monoisotopic (exact) mass is 219 g/mol. The van der Waals surface area contributed by atoms with Gasteiger partial charge in [-0.1, -0.05) is 43.3 Å². The van der Waals surface area contributed by atoms with Crippen molar-refractivity contribution in [2.45, 2.75) is 26.7 Å². The van der Waals surface area contributed by atoms with Crippen molar-refractivity contribution in [1.82, 2.24) is 0 Å². The van der Waals surface area contributed by atoms with Gasteiger partial charge in [0.1, 0.15) is 0 Å². The molecule has 0 fully saturated rings. The summed E-state index contributed by atoms with van der Waals surface area (Å²) in [6.07, 6.45) is 1.46. The van der Waals surface area contributed by atoms with Crippen molar-refractivity contribution >= 4 is 5.57 Å². The molecule has 1 aromatic rings. The maximum absolute atomic E-state index is 13.0. The minimum atomic E-state index is -0.588. The summed E-state index contributed by atoms with van der Waals surface area (Å²) in [6.45, 7) is 7.75. The van der Waals surface area contributed by atoms with Crippen LogP contribution in [0.3, 0.4) is 0 Å². The Hall–Kier alpha value is -1.57. The van der Waals surface area contributed by atoms with Gasteiger partial charge >= 0.3 is 0 Å². The van der Waals surface area contributed by atoms with E-state index in [1.54, 1.807) is 0 Å². The molecule has 0 unspecified atom stereocenters. The van der Waals surface area contributed by atoms with Gasteiger partial charge in [-0.05, 0) is 30.9 Å². The van der Waals surface area contributed by atoms with Crippen LogP contribution < -0.4 is 5.73 Å². The molecule has 0 aliphatic heterocycles. The van der Waals surface area contributed by atoms with E-state index in [9.17, 15) is 4.39 Å². The average Bonchev–Trinajstić information content (AvgIpc) is 2.20. The highest BCUT2D eigenvalue weighted by Gasteiger charge is 2.04. The number of halogens is 1. The number of hydrogen-bond acceptors (Lipinski definition) is 1. The molecular weight excluding hydrogens is 201 g/mol. The third-order valence-corrected chi connectivity index (χ3v) is 2.45. The van der Waals surface area contributed by atoms with Crippen LogP contribution in [-0.4, -0.2) is 0 Å². The summed E-state index contributed by atoms with van der Waals surface area (Å²) in [4.78, 5) is 0. The van der Waals surface area contributed by atoms with Crippen LogP contribution >= 0.6 is 0 Å². The summed E-state index contributed by atoms with van der Waals surface area (Å²) >= 11 is 0. The average molecular weight is 219 g/mol. The standard InChI is InChI=1S/C14H18FN/c1-4-13(14(15)16)12-7-5-11(6-8-12)9-10(2)3/h5-8H,2,4,9,16H2,1,3H3/b14-13+. The number of allylic oxidation sites excluding steroid dienone is 2. The van der Waals surface area contributed by atoms with Crippen molar-refractivity contribution in [3.8, 4) is 0 Å². The van der Waals surface area contributed by atoms with Crippen LogP contribution in [0, 0.1) is 0 Å². The van der Waals surface area contributed by atoms with E-state index in [0.29, 0.717) is 12.0 Å². The first kappa shape index (κ1) is 12.5. The van der Waals surface area contributed by atoms with Crippen LogP contribution in [0.5, 0.6) is 0 Å². The molecular formula is C14H18FN. The first-order chi connectivity index (χ1) is 7.54. The Labute approximate surface area is 96.5 Å². The molecule has 0 aliphatic rings. The molecule has 0 spiro atoms. The minimum absolute atomic E-state index is 0.571. The molecule has 16 heavy (non-hydrogen) atoms. The SMILES string of the molecule is C=C(C)Cc1ccc(/C(CC)=C(/N)F)cc1. The second kappa shape index (κ2) is 5.50. The van der Waals surface area contributed by atoms with Crippen LogP contribution in [0.2, 0.25) is 0 Å². The first-order valence-electron chi connectivity index (χ1n) is 5.42. The summed E-state index contributed by atoms with van der Waals surface area (Å²) in [5, 5.41) is 0. The van der Waals surface area contributed by atoms with Crippen molar-refractivity contribution in [2.24, 2.45) is 5.73 Å². The molecule has 0 aromatic heterocycles. The Bertz CT molecular complexity index is 397. The number of hydrogen-bond donors (Lipinski definition) is 1. The lowest BCUT2D eigenvalue weighted by Gasteiger charge is -2.07. The Morgan fingerprint density at radius 1 is 1.31 bits per heavy atom. The Morgan fingerprint density at radius 2 is 1.88 bits per heavy atom. The fourth-order valence-electron chi connectivity index (χ4n) is 1.68. The molecule has 1 nitrogen and oxygen atoms in total. The van der Waals surface area contributed by atoms with Gasteiger partial charge in [-0.3, -0.25) is 0 Å². The van der Waals surface area contributed by atoms with Gasteiger partial charge in [0.15, 0.2) is 5.95 Å². The van der Waals surface area contributed by atoms with Gasteiger partial charge in [0.25, 0.3) is 0 Å². The van der Waals surface area contributed by atoms with Crippen LogP contribution in [0.4, 0.5) is 4.39 Å². The van der Waals surface area contributed by atoms with Gasteiger partial charge in [-0.2, -0.15) is 4.39 Å². The van der Waals surface area contributed by atoms with E-state index in [4.69, 9.17) is 5.73 Å². The number of benzene rings is 1. The van der Waals surface area contributed by atoms with E-state index in [1.807, 2.05) is 38.1 Å². The molecule has 2 N–H and O–H groups in total. The highest BCUT2D eigenvalue weighted by molar-refractivity contribution is 5.66. The van der Waals surface area contributed by atoms with E-state index in [-0.39, 0.29) is 0 Å². The second-order valence-electron chi connectivity index (χ2n) is 4.01. The zero-order chi connectivity index (χ0) is 12.1. The van der Waals surface area contributed by atoms with Gasteiger partial charge in [-0.25, -0.2) is 0 Å². The van der Waals surface area contributed by atoms with Gasteiger partial charge in [0.2, 0.25) is 0 Å². The highest BCUT2D eigenvalue weighted by atomic mass is 19.1. The van der Waals surface area contributed by atoms with E-state index in [1.165, 1.54) is 5.56 Å². The molecule has 0 radical (unpaired) electrons. The minimum Gasteiger partial charge on any atom is -0.375 e. The lowest BCUT2D eigenvalue weighted by Crippen LogP contribution is -1.96. The van der Waals surface area contributed by atoms with Crippen LogP contribution in [-0.2, 0) is 6.42 Å². The summed E-state index contributed by atoms with van der Waals surface area (Å²) in [5.74, 6) is -0.588. The predicted molar refractivity (Wildman–Crippen MR) is 67.5 cm³/mol. The third kappa shape index (κ3) is 3.23. The number of rotatable bonds is 4. The zero-order valence-corrected chi connectivity index (χ0v) is 9.89. The predicted octanol–water partition coefficient (Wildman–Crippen LogP) is 3.81. The van der Waals surface area contributed by atoms with Gasteiger partial charge < -0.3 is 5.73 Å². The van der Waals surface area contributed by atoms with Crippen molar-refractivity contribution in [3.05, 3.63) is 53.5 Å². The topological polar surface area (TPSA) is 26.0 Å². The number of nitrogens with two attached hydrogens (primary N) is 1. The van der Waals surface area contributed by atoms with Crippen molar-refractivity contribution < 1.29 is 4.39 Å². The zero-order valence-electron chi connectivity index (χ0n) is 9.89. The van der Waals surface area contributed by atoms with Crippen LogP contribution in [0.1, 0.15) is 31.4 Å².